The van der Waals surface area contributed by atoms with E-state index < -0.39 is 0 Å². The van der Waals surface area contributed by atoms with Crippen molar-refractivity contribution in [2.45, 2.75) is 6.42 Å². The Labute approximate surface area is 87.5 Å². The van der Waals surface area contributed by atoms with Crippen LogP contribution in [-0.2, 0) is 11.2 Å². The number of methoxy groups -OCH3 is 1. The van der Waals surface area contributed by atoms with Crippen molar-refractivity contribution in [3.63, 3.8) is 0 Å². The highest BCUT2D eigenvalue weighted by molar-refractivity contribution is 5.76. The topological polar surface area (TPSA) is 43.6 Å². The normalized spacial score (nSPS) is 10.7. The molecule has 78 valence electrons. The van der Waals surface area contributed by atoms with Crippen molar-refractivity contribution in [1.82, 2.24) is 9.38 Å². The quantitative estimate of drug-likeness (QED) is 0.706. The second-order valence-electron chi connectivity index (χ2n) is 3.32. The van der Waals surface area contributed by atoms with Gasteiger partial charge in [-0.2, -0.15) is 0 Å². The van der Waals surface area contributed by atoms with Gasteiger partial charge in [0, 0.05) is 31.5 Å². The highest BCUT2D eigenvalue weighted by Crippen LogP contribution is 2.07. The summed E-state index contributed by atoms with van der Waals surface area (Å²) in [6.45, 7) is 0.657. The predicted molar refractivity (Wildman–Crippen MR) is 56.2 cm³/mol. The van der Waals surface area contributed by atoms with E-state index in [1.165, 1.54) is 0 Å². The maximum absolute atomic E-state index is 10.6. The van der Waals surface area contributed by atoms with Gasteiger partial charge < -0.3 is 9.14 Å². The van der Waals surface area contributed by atoms with Crippen LogP contribution in [0.2, 0.25) is 0 Å². The van der Waals surface area contributed by atoms with Crippen LogP contribution in [0.1, 0.15) is 16.1 Å². The van der Waals surface area contributed by atoms with Gasteiger partial charge in [-0.25, -0.2) is 4.98 Å². The Morgan fingerprint density at radius 2 is 2.47 bits per heavy atom. The zero-order valence-electron chi connectivity index (χ0n) is 8.51. The number of aldehydes is 1. The van der Waals surface area contributed by atoms with Crippen molar-refractivity contribution in [1.29, 1.82) is 0 Å². The lowest BCUT2D eigenvalue weighted by Crippen LogP contribution is -1.93. The van der Waals surface area contributed by atoms with Gasteiger partial charge in [0.25, 0.3) is 0 Å². The largest absolute Gasteiger partial charge is 0.384 e. The molecule has 0 aromatic carbocycles. The van der Waals surface area contributed by atoms with Gasteiger partial charge in [0.05, 0.1) is 12.3 Å². The lowest BCUT2D eigenvalue weighted by Gasteiger charge is -1.92. The van der Waals surface area contributed by atoms with Crippen molar-refractivity contribution >= 4 is 11.9 Å². The number of aromatic nitrogens is 2. The molecule has 0 amide bonds. The molecule has 2 rings (SSSR count). The summed E-state index contributed by atoms with van der Waals surface area (Å²) in [4.78, 5) is 15.0. The van der Waals surface area contributed by atoms with E-state index in [-0.39, 0.29) is 0 Å². The Morgan fingerprint density at radius 3 is 3.20 bits per heavy atom. The summed E-state index contributed by atoms with van der Waals surface area (Å²) in [6, 6.07) is 3.53. The molecule has 0 N–H and O–H groups in total. The number of imidazole rings is 1. The third kappa shape index (κ3) is 2.05. The molecular weight excluding hydrogens is 192 g/mol. The molecule has 0 saturated heterocycles. The minimum Gasteiger partial charge on any atom is -0.384 e. The summed E-state index contributed by atoms with van der Waals surface area (Å²) < 4.78 is 6.88. The molecule has 4 heteroatoms. The first-order chi connectivity index (χ1) is 7.33. The van der Waals surface area contributed by atoms with Crippen LogP contribution in [0.5, 0.6) is 0 Å². The maximum atomic E-state index is 10.6. The van der Waals surface area contributed by atoms with Gasteiger partial charge in [0.2, 0.25) is 0 Å². The number of hydrogen-bond donors (Lipinski definition) is 0. The van der Waals surface area contributed by atoms with Gasteiger partial charge in [0.1, 0.15) is 11.9 Å². The van der Waals surface area contributed by atoms with Gasteiger partial charge in [-0.15, -0.1) is 0 Å². The van der Waals surface area contributed by atoms with Gasteiger partial charge in [-0.3, -0.25) is 4.79 Å². The third-order valence-electron chi connectivity index (χ3n) is 2.23. The Hall–Kier alpha value is -1.68. The van der Waals surface area contributed by atoms with Gasteiger partial charge in [0.15, 0.2) is 0 Å². The van der Waals surface area contributed by atoms with Crippen molar-refractivity contribution in [2.24, 2.45) is 0 Å². The predicted octanol–water partition coefficient (Wildman–Crippen LogP) is 1.34. The molecule has 0 saturated carbocycles. The van der Waals surface area contributed by atoms with Crippen LogP contribution in [0.25, 0.3) is 5.65 Å². The Bertz CT molecular complexity index is 476. The van der Waals surface area contributed by atoms with E-state index in [0.717, 1.165) is 24.0 Å². The van der Waals surface area contributed by atoms with Gasteiger partial charge >= 0.3 is 0 Å². The molecule has 2 aromatic rings. The third-order valence-corrected chi connectivity index (χ3v) is 2.23. The van der Waals surface area contributed by atoms with E-state index in [1.807, 2.05) is 16.8 Å². The fraction of sp³-hybridized carbons (Fsp3) is 0.273. The number of hydrogen-bond acceptors (Lipinski definition) is 3. The fourth-order valence-electron chi connectivity index (χ4n) is 1.45. The molecule has 0 unspecified atom stereocenters. The first-order valence-corrected chi connectivity index (χ1v) is 4.75. The van der Waals surface area contributed by atoms with Crippen LogP contribution in [-0.4, -0.2) is 29.4 Å². The number of nitrogens with zero attached hydrogens (tertiary/aromatic N) is 2. The fourth-order valence-corrected chi connectivity index (χ4v) is 1.45. The summed E-state index contributed by atoms with van der Waals surface area (Å²) in [5, 5.41) is 0. The Kier molecular flexibility index (Phi) is 2.78. The van der Waals surface area contributed by atoms with Crippen molar-refractivity contribution in [3.05, 3.63) is 35.8 Å². The summed E-state index contributed by atoms with van der Waals surface area (Å²) >= 11 is 0. The SMILES string of the molecule is COCCc1cn2ccc(C=O)cc2n1. The van der Waals surface area contributed by atoms with Crippen LogP contribution in [0, 0.1) is 0 Å². The van der Waals surface area contributed by atoms with Crippen LogP contribution in [0.15, 0.2) is 24.5 Å². The Morgan fingerprint density at radius 1 is 1.60 bits per heavy atom. The number of carbonyl (C=O) groups excluding carboxylic acids is 1. The molecule has 0 aliphatic rings. The number of pyridine rings is 1. The molecule has 0 radical (unpaired) electrons. The second-order valence-corrected chi connectivity index (χ2v) is 3.32. The molecular formula is C11H12N2O2. The summed E-state index contributed by atoms with van der Waals surface area (Å²) in [7, 11) is 1.67. The molecule has 0 spiro atoms. The van der Waals surface area contributed by atoms with Crippen molar-refractivity contribution in [2.75, 3.05) is 13.7 Å². The van der Waals surface area contributed by atoms with Gasteiger partial charge in [-0.05, 0) is 12.1 Å². The molecule has 0 atom stereocenters. The minimum absolute atomic E-state index is 0.645. The summed E-state index contributed by atoms with van der Waals surface area (Å²) in [6.07, 6.45) is 5.39. The maximum Gasteiger partial charge on any atom is 0.150 e. The van der Waals surface area contributed by atoms with E-state index >= 15 is 0 Å². The molecule has 0 aliphatic heterocycles. The monoisotopic (exact) mass is 204 g/mol. The number of ether oxygens (including phenoxy) is 1. The smallest absolute Gasteiger partial charge is 0.150 e. The van der Waals surface area contributed by atoms with Crippen molar-refractivity contribution < 1.29 is 9.53 Å². The highest BCUT2D eigenvalue weighted by Gasteiger charge is 2.01. The average Bonchev–Trinajstić information content (AvgIpc) is 2.67. The van der Waals surface area contributed by atoms with E-state index in [2.05, 4.69) is 4.98 Å². The molecule has 0 bridgehead atoms. The standard InChI is InChI=1S/C11H12N2O2/c1-15-5-3-10-7-13-4-2-9(8-14)6-11(13)12-10/h2,4,6-8H,3,5H2,1H3. The molecule has 2 aromatic heterocycles. The van der Waals surface area contributed by atoms with Crippen LogP contribution >= 0.6 is 0 Å². The van der Waals surface area contributed by atoms with Crippen LogP contribution in [0.3, 0.4) is 0 Å². The summed E-state index contributed by atoms with van der Waals surface area (Å²) in [5.41, 5.74) is 2.41. The van der Waals surface area contributed by atoms with Crippen LogP contribution < -0.4 is 0 Å². The molecule has 4 nitrogen and oxygen atoms in total. The molecule has 15 heavy (non-hydrogen) atoms. The molecule has 2 heterocycles. The van der Waals surface area contributed by atoms with E-state index in [0.29, 0.717) is 12.2 Å². The highest BCUT2D eigenvalue weighted by atomic mass is 16.5. The molecule has 0 fully saturated rings. The average molecular weight is 204 g/mol. The van der Waals surface area contributed by atoms with Crippen molar-refractivity contribution in [3.8, 4) is 0 Å². The number of carbonyl (C=O) groups is 1. The first kappa shape index (κ1) is 9.86. The second kappa shape index (κ2) is 4.23. The molecule has 0 aliphatic carbocycles. The number of rotatable bonds is 4. The first-order valence-electron chi connectivity index (χ1n) is 4.75. The van der Waals surface area contributed by atoms with Crippen LogP contribution in [0.4, 0.5) is 0 Å². The summed E-state index contributed by atoms with van der Waals surface area (Å²) in [5.74, 6) is 0. The number of fused-ring (bicyclic) bond motifs is 1. The van der Waals surface area contributed by atoms with E-state index in [1.54, 1.807) is 19.2 Å². The van der Waals surface area contributed by atoms with E-state index in [9.17, 15) is 4.79 Å². The lowest BCUT2D eigenvalue weighted by atomic mass is 10.3. The van der Waals surface area contributed by atoms with E-state index in [4.69, 9.17) is 4.74 Å². The minimum atomic E-state index is 0.645. The lowest BCUT2D eigenvalue weighted by molar-refractivity contribution is 0.112. The zero-order chi connectivity index (χ0) is 10.7. The van der Waals surface area contributed by atoms with Gasteiger partial charge in [-0.1, -0.05) is 0 Å². The zero-order valence-corrected chi connectivity index (χ0v) is 8.51. The Balaban J connectivity index is 2.33.